The molecule has 30 heavy (non-hydrogen) atoms. The molecule has 1 unspecified atom stereocenters. The van der Waals surface area contributed by atoms with E-state index in [4.69, 9.17) is 9.47 Å². The highest BCUT2D eigenvalue weighted by Gasteiger charge is 2.19. The van der Waals surface area contributed by atoms with Crippen LogP contribution in [0, 0.1) is 5.92 Å². The number of rotatable bonds is 12. The number of carbonyl (C=O) groups excluding carboxylic acids is 1. The van der Waals surface area contributed by atoms with Gasteiger partial charge in [-0.2, -0.15) is 0 Å². The maximum atomic E-state index is 12.4. The zero-order chi connectivity index (χ0) is 21.9. The predicted octanol–water partition coefficient (Wildman–Crippen LogP) is 5.52. The molecule has 0 heterocycles. The fourth-order valence-electron chi connectivity index (χ4n) is 3.27. The van der Waals surface area contributed by atoms with E-state index in [-0.39, 0.29) is 18.1 Å². The molecule has 0 fully saturated rings. The number of hydrogen-bond acceptors (Lipinski definition) is 4. The molecule has 0 aromatic heterocycles. The Kier molecular flexibility index (Phi) is 9.62. The molecule has 4 heteroatoms. The maximum Gasteiger partial charge on any atom is 0.161 e. The molecule has 1 N–H and O–H groups in total. The SMILES string of the molecule is COc1cc(CC(O)C(=O)C[C@@H](C)CCC=C(C)C)ccc1OCc1ccccc1. The lowest BCUT2D eigenvalue weighted by atomic mass is 9.94. The minimum Gasteiger partial charge on any atom is -0.493 e. The summed E-state index contributed by atoms with van der Waals surface area (Å²) in [6.45, 7) is 6.66. The van der Waals surface area contributed by atoms with Gasteiger partial charge < -0.3 is 14.6 Å². The summed E-state index contributed by atoms with van der Waals surface area (Å²) in [7, 11) is 1.59. The summed E-state index contributed by atoms with van der Waals surface area (Å²) in [5.41, 5.74) is 3.21. The lowest BCUT2D eigenvalue weighted by molar-refractivity contribution is -0.127. The monoisotopic (exact) mass is 410 g/mol. The third-order valence-corrected chi connectivity index (χ3v) is 5.03. The first-order chi connectivity index (χ1) is 14.4. The van der Waals surface area contributed by atoms with E-state index in [0.717, 1.165) is 24.0 Å². The molecule has 0 radical (unpaired) electrons. The van der Waals surface area contributed by atoms with E-state index in [1.165, 1.54) is 5.57 Å². The summed E-state index contributed by atoms with van der Waals surface area (Å²) in [5.74, 6) is 1.38. The summed E-state index contributed by atoms with van der Waals surface area (Å²) in [6.07, 6.45) is 3.77. The second-order valence-electron chi connectivity index (χ2n) is 8.11. The van der Waals surface area contributed by atoms with E-state index in [1.54, 1.807) is 7.11 Å². The molecule has 0 amide bonds. The summed E-state index contributed by atoms with van der Waals surface area (Å²) >= 11 is 0. The number of hydrogen-bond donors (Lipinski definition) is 1. The van der Waals surface area contributed by atoms with Crippen molar-refractivity contribution in [3.05, 3.63) is 71.3 Å². The third-order valence-electron chi connectivity index (χ3n) is 5.03. The maximum absolute atomic E-state index is 12.4. The number of ether oxygens (including phenoxy) is 2. The van der Waals surface area contributed by atoms with E-state index < -0.39 is 6.10 Å². The first-order valence-corrected chi connectivity index (χ1v) is 10.6. The molecule has 0 saturated carbocycles. The largest absolute Gasteiger partial charge is 0.493 e. The standard InChI is InChI=1S/C26H34O4/c1-19(2)9-8-10-20(3)15-23(27)24(28)16-22-13-14-25(26(17-22)29-4)30-18-21-11-6-5-7-12-21/h5-7,9,11-14,17,20,24,28H,8,10,15-16,18H2,1-4H3/t20-,24?/m0/s1. The molecule has 4 nitrogen and oxygen atoms in total. The molecule has 0 aliphatic rings. The highest BCUT2D eigenvalue weighted by atomic mass is 16.5. The Morgan fingerprint density at radius 2 is 1.80 bits per heavy atom. The van der Waals surface area contributed by atoms with Crippen molar-refractivity contribution in [2.45, 2.75) is 59.2 Å². The second kappa shape index (κ2) is 12.2. The van der Waals surface area contributed by atoms with Gasteiger partial charge in [-0.1, -0.05) is 55.0 Å². The molecule has 2 aromatic rings. The molecule has 0 saturated heterocycles. The molecule has 2 rings (SSSR count). The molecule has 0 spiro atoms. The van der Waals surface area contributed by atoms with E-state index in [9.17, 15) is 9.90 Å². The molecular weight excluding hydrogens is 376 g/mol. The zero-order valence-corrected chi connectivity index (χ0v) is 18.6. The molecular formula is C26H34O4. The number of Topliss-reactive ketones (excluding diaryl/α,β-unsaturated/α-hetero) is 1. The van der Waals surface area contributed by atoms with Crippen molar-refractivity contribution >= 4 is 5.78 Å². The number of benzene rings is 2. The average molecular weight is 411 g/mol. The van der Waals surface area contributed by atoms with Crippen LogP contribution in [0.25, 0.3) is 0 Å². The Morgan fingerprint density at radius 3 is 2.47 bits per heavy atom. The molecule has 2 atom stereocenters. The number of allylic oxidation sites excluding steroid dienone is 2. The van der Waals surface area contributed by atoms with Gasteiger partial charge in [0.1, 0.15) is 12.7 Å². The Bertz CT molecular complexity index is 822. The molecule has 2 aromatic carbocycles. The lowest BCUT2D eigenvalue weighted by Crippen LogP contribution is -2.24. The zero-order valence-electron chi connectivity index (χ0n) is 18.6. The van der Waals surface area contributed by atoms with Crippen molar-refractivity contribution < 1.29 is 19.4 Å². The summed E-state index contributed by atoms with van der Waals surface area (Å²) in [6, 6.07) is 15.4. The minimum absolute atomic E-state index is 0.108. The normalized spacial score (nSPS) is 12.7. The van der Waals surface area contributed by atoms with Crippen LogP contribution >= 0.6 is 0 Å². The van der Waals surface area contributed by atoms with Crippen molar-refractivity contribution in [3.63, 3.8) is 0 Å². The molecule has 0 aliphatic carbocycles. The van der Waals surface area contributed by atoms with Crippen LogP contribution in [0.1, 0.15) is 51.2 Å². The van der Waals surface area contributed by atoms with Crippen LogP contribution in [0.3, 0.4) is 0 Å². The van der Waals surface area contributed by atoms with Crippen LogP contribution in [0.15, 0.2) is 60.2 Å². The molecule has 0 bridgehead atoms. The Balaban J connectivity index is 1.90. The predicted molar refractivity (Wildman–Crippen MR) is 121 cm³/mol. The lowest BCUT2D eigenvalue weighted by Gasteiger charge is -2.15. The van der Waals surface area contributed by atoms with Crippen molar-refractivity contribution in [2.24, 2.45) is 5.92 Å². The van der Waals surface area contributed by atoms with Gasteiger partial charge in [-0.15, -0.1) is 0 Å². The second-order valence-corrected chi connectivity index (χ2v) is 8.11. The third kappa shape index (κ3) is 8.03. The Hall–Kier alpha value is -2.59. The van der Waals surface area contributed by atoms with Gasteiger partial charge in [0.05, 0.1) is 7.11 Å². The average Bonchev–Trinajstić information content (AvgIpc) is 2.73. The van der Waals surface area contributed by atoms with Crippen molar-refractivity contribution in [1.29, 1.82) is 0 Å². The quantitative estimate of drug-likeness (QED) is 0.468. The first-order valence-electron chi connectivity index (χ1n) is 10.6. The molecule has 162 valence electrons. The number of methoxy groups -OCH3 is 1. The summed E-state index contributed by atoms with van der Waals surface area (Å²) in [4.78, 5) is 12.4. The van der Waals surface area contributed by atoms with Crippen LogP contribution in [-0.2, 0) is 17.8 Å². The van der Waals surface area contributed by atoms with Gasteiger partial charge in [0.2, 0.25) is 0 Å². The van der Waals surface area contributed by atoms with Crippen LogP contribution in [0.2, 0.25) is 0 Å². The van der Waals surface area contributed by atoms with E-state index in [2.05, 4.69) is 26.8 Å². The Morgan fingerprint density at radius 1 is 1.07 bits per heavy atom. The number of ketones is 1. The number of carbonyl (C=O) groups is 1. The van der Waals surface area contributed by atoms with Crippen molar-refractivity contribution in [3.8, 4) is 11.5 Å². The Labute approximate surface area is 180 Å². The highest BCUT2D eigenvalue weighted by molar-refractivity contribution is 5.83. The van der Waals surface area contributed by atoms with Crippen LogP contribution in [-0.4, -0.2) is 24.1 Å². The summed E-state index contributed by atoms with van der Waals surface area (Å²) < 4.78 is 11.3. The first kappa shape index (κ1) is 23.7. The van der Waals surface area contributed by atoms with E-state index in [1.807, 2.05) is 48.5 Å². The fraction of sp³-hybridized carbons (Fsp3) is 0.423. The molecule has 0 aliphatic heterocycles. The minimum atomic E-state index is -1.00. The van der Waals surface area contributed by atoms with E-state index >= 15 is 0 Å². The van der Waals surface area contributed by atoms with Crippen LogP contribution in [0.5, 0.6) is 11.5 Å². The number of aliphatic hydroxyl groups is 1. The van der Waals surface area contributed by atoms with Gasteiger partial charge in [-0.05, 0) is 55.9 Å². The van der Waals surface area contributed by atoms with Crippen molar-refractivity contribution in [1.82, 2.24) is 0 Å². The summed E-state index contributed by atoms with van der Waals surface area (Å²) in [5, 5.41) is 10.4. The smallest absolute Gasteiger partial charge is 0.161 e. The van der Waals surface area contributed by atoms with Crippen LogP contribution < -0.4 is 9.47 Å². The van der Waals surface area contributed by atoms with Gasteiger partial charge in [-0.3, -0.25) is 4.79 Å². The van der Waals surface area contributed by atoms with Crippen molar-refractivity contribution in [2.75, 3.05) is 7.11 Å². The van der Waals surface area contributed by atoms with Gasteiger partial charge in [0, 0.05) is 12.8 Å². The van der Waals surface area contributed by atoms with Gasteiger partial charge in [0.25, 0.3) is 0 Å². The van der Waals surface area contributed by atoms with Gasteiger partial charge >= 0.3 is 0 Å². The topological polar surface area (TPSA) is 55.8 Å². The van der Waals surface area contributed by atoms with Gasteiger partial charge in [-0.25, -0.2) is 0 Å². The highest BCUT2D eigenvalue weighted by Crippen LogP contribution is 2.29. The van der Waals surface area contributed by atoms with E-state index in [0.29, 0.717) is 24.5 Å². The fourth-order valence-corrected chi connectivity index (χ4v) is 3.27. The number of aliphatic hydroxyl groups excluding tert-OH is 1. The van der Waals surface area contributed by atoms with Crippen LogP contribution in [0.4, 0.5) is 0 Å². The van der Waals surface area contributed by atoms with Gasteiger partial charge in [0.15, 0.2) is 17.3 Å².